The lowest BCUT2D eigenvalue weighted by molar-refractivity contribution is 0.411. The summed E-state index contributed by atoms with van der Waals surface area (Å²) in [4.78, 5) is 0. The van der Waals surface area contributed by atoms with Crippen LogP contribution in [-0.4, -0.2) is 7.11 Å². The molecular formula is C11H8FNO. The first-order valence-electron chi connectivity index (χ1n) is 3.96. The monoisotopic (exact) mass is 189 g/mol. The van der Waals surface area contributed by atoms with Gasteiger partial charge < -0.3 is 4.74 Å². The lowest BCUT2D eigenvalue weighted by atomic mass is 10.2. The largest absolute Gasteiger partial charge is 0.497 e. The summed E-state index contributed by atoms with van der Waals surface area (Å²) >= 11 is 0. The summed E-state index contributed by atoms with van der Waals surface area (Å²) in [5.41, 5.74) is 0.511. The highest BCUT2D eigenvalue weighted by Gasteiger charge is 1.97. The second-order valence-electron chi connectivity index (χ2n) is 2.52. The van der Waals surface area contributed by atoms with Crippen molar-refractivity contribution in [2.45, 2.75) is 6.42 Å². The molecule has 1 aromatic carbocycles. The molecule has 0 aliphatic rings. The molecule has 1 rings (SSSR count). The fourth-order valence-electron chi connectivity index (χ4n) is 0.939. The van der Waals surface area contributed by atoms with Gasteiger partial charge in [-0.1, -0.05) is 11.8 Å². The maximum atomic E-state index is 12.9. The van der Waals surface area contributed by atoms with E-state index in [4.69, 9.17) is 10.00 Å². The molecule has 70 valence electrons. The summed E-state index contributed by atoms with van der Waals surface area (Å²) < 4.78 is 17.8. The molecule has 0 aliphatic heterocycles. The van der Waals surface area contributed by atoms with Crippen LogP contribution in [0.2, 0.25) is 0 Å². The average Bonchev–Trinajstić information content (AvgIpc) is 2.17. The third-order valence-corrected chi connectivity index (χ3v) is 1.51. The van der Waals surface area contributed by atoms with Crippen LogP contribution in [0.5, 0.6) is 5.75 Å². The Balaban J connectivity index is 2.95. The molecule has 0 radical (unpaired) electrons. The van der Waals surface area contributed by atoms with E-state index in [9.17, 15) is 4.39 Å². The Morgan fingerprint density at radius 1 is 1.43 bits per heavy atom. The fourth-order valence-corrected chi connectivity index (χ4v) is 0.939. The molecule has 0 saturated carbocycles. The summed E-state index contributed by atoms with van der Waals surface area (Å²) in [5.74, 6) is 5.29. The highest BCUT2D eigenvalue weighted by atomic mass is 19.1. The van der Waals surface area contributed by atoms with Gasteiger partial charge in [0.05, 0.1) is 19.6 Å². The first-order valence-corrected chi connectivity index (χ1v) is 3.96. The van der Waals surface area contributed by atoms with Crippen LogP contribution in [0.1, 0.15) is 12.0 Å². The van der Waals surface area contributed by atoms with Crippen molar-refractivity contribution in [3.05, 3.63) is 29.6 Å². The summed E-state index contributed by atoms with van der Waals surface area (Å²) in [5, 5.41) is 8.25. The van der Waals surface area contributed by atoms with E-state index in [1.807, 2.05) is 6.07 Å². The normalized spacial score (nSPS) is 8.36. The lowest BCUT2D eigenvalue weighted by Gasteiger charge is -1.99. The van der Waals surface area contributed by atoms with Crippen molar-refractivity contribution in [1.82, 2.24) is 0 Å². The van der Waals surface area contributed by atoms with E-state index in [0.29, 0.717) is 11.3 Å². The molecular weight excluding hydrogens is 181 g/mol. The summed E-state index contributed by atoms with van der Waals surface area (Å²) in [6.45, 7) is 0. The molecule has 2 nitrogen and oxygen atoms in total. The van der Waals surface area contributed by atoms with E-state index >= 15 is 0 Å². The van der Waals surface area contributed by atoms with E-state index in [0.717, 1.165) is 0 Å². The predicted molar refractivity (Wildman–Crippen MR) is 50.1 cm³/mol. The van der Waals surface area contributed by atoms with E-state index < -0.39 is 5.82 Å². The molecule has 0 fully saturated rings. The fraction of sp³-hybridized carbons (Fsp3) is 0.182. The number of rotatable bonds is 1. The molecule has 0 amide bonds. The van der Waals surface area contributed by atoms with Crippen LogP contribution in [0.3, 0.4) is 0 Å². The second kappa shape index (κ2) is 4.89. The number of methoxy groups -OCH3 is 1. The van der Waals surface area contributed by atoms with Crippen molar-refractivity contribution < 1.29 is 9.13 Å². The van der Waals surface area contributed by atoms with Crippen LogP contribution in [0.25, 0.3) is 0 Å². The van der Waals surface area contributed by atoms with Gasteiger partial charge in [0, 0.05) is 11.6 Å². The van der Waals surface area contributed by atoms with Crippen LogP contribution in [0.4, 0.5) is 4.39 Å². The first-order chi connectivity index (χ1) is 6.76. The van der Waals surface area contributed by atoms with Gasteiger partial charge in [-0.25, -0.2) is 4.39 Å². The molecule has 0 N–H and O–H groups in total. The predicted octanol–water partition coefficient (Wildman–Crippen LogP) is 2.10. The molecule has 0 saturated heterocycles. The minimum atomic E-state index is -0.398. The van der Waals surface area contributed by atoms with Crippen molar-refractivity contribution >= 4 is 0 Å². The van der Waals surface area contributed by atoms with Crippen molar-refractivity contribution in [1.29, 1.82) is 5.26 Å². The zero-order valence-corrected chi connectivity index (χ0v) is 7.67. The third kappa shape index (κ3) is 2.80. The number of benzene rings is 1. The quantitative estimate of drug-likeness (QED) is 0.634. The molecule has 0 aliphatic carbocycles. The van der Waals surface area contributed by atoms with E-state index in [1.54, 1.807) is 6.07 Å². The van der Waals surface area contributed by atoms with Gasteiger partial charge in [-0.2, -0.15) is 5.26 Å². The molecule has 0 heterocycles. The van der Waals surface area contributed by atoms with Gasteiger partial charge in [0.2, 0.25) is 0 Å². The zero-order valence-electron chi connectivity index (χ0n) is 7.67. The third-order valence-electron chi connectivity index (χ3n) is 1.51. The van der Waals surface area contributed by atoms with Gasteiger partial charge >= 0.3 is 0 Å². The van der Waals surface area contributed by atoms with Gasteiger partial charge in [0.1, 0.15) is 11.6 Å². The van der Waals surface area contributed by atoms with E-state index in [1.165, 1.54) is 19.2 Å². The number of hydrogen-bond donors (Lipinski definition) is 0. The van der Waals surface area contributed by atoms with Crippen molar-refractivity contribution in [3.63, 3.8) is 0 Å². The van der Waals surface area contributed by atoms with Crippen molar-refractivity contribution in [3.8, 4) is 23.7 Å². The van der Waals surface area contributed by atoms with Crippen LogP contribution < -0.4 is 4.74 Å². The Kier molecular flexibility index (Phi) is 3.52. The molecule has 14 heavy (non-hydrogen) atoms. The van der Waals surface area contributed by atoms with Gasteiger partial charge in [0.25, 0.3) is 0 Å². The van der Waals surface area contributed by atoms with Crippen LogP contribution >= 0.6 is 0 Å². The Morgan fingerprint density at radius 2 is 2.21 bits per heavy atom. The zero-order chi connectivity index (χ0) is 10.4. The topological polar surface area (TPSA) is 33.0 Å². The second-order valence-corrected chi connectivity index (χ2v) is 2.52. The van der Waals surface area contributed by atoms with Crippen molar-refractivity contribution in [2.24, 2.45) is 0 Å². The smallest absolute Gasteiger partial charge is 0.128 e. The number of halogens is 1. The molecule has 1 aromatic rings. The van der Waals surface area contributed by atoms with Gasteiger partial charge in [-0.3, -0.25) is 0 Å². The van der Waals surface area contributed by atoms with Gasteiger partial charge in [-0.05, 0) is 12.1 Å². The van der Waals surface area contributed by atoms with Crippen molar-refractivity contribution in [2.75, 3.05) is 7.11 Å². The number of hydrogen-bond acceptors (Lipinski definition) is 2. The highest BCUT2D eigenvalue weighted by Crippen LogP contribution is 2.14. The maximum Gasteiger partial charge on any atom is 0.128 e. The van der Waals surface area contributed by atoms with Crippen LogP contribution in [0.15, 0.2) is 18.2 Å². The molecule has 0 aromatic heterocycles. The Labute approximate surface area is 81.9 Å². The molecule has 3 heteroatoms. The SMILES string of the molecule is COc1cc(F)cc(C#CCC#N)c1. The average molecular weight is 189 g/mol. The summed E-state index contributed by atoms with van der Waals surface area (Å²) in [7, 11) is 1.46. The Morgan fingerprint density at radius 3 is 2.86 bits per heavy atom. The molecule has 0 unspecified atom stereocenters. The summed E-state index contributed by atoms with van der Waals surface area (Å²) in [6.07, 6.45) is 0.138. The number of ether oxygens (including phenoxy) is 1. The lowest BCUT2D eigenvalue weighted by Crippen LogP contribution is -1.86. The highest BCUT2D eigenvalue weighted by molar-refractivity contribution is 5.40. The first kappa shape index (κ1) is 10.1. The van der Waals surface area contributed by atoms with E-state index in [-0.39, 0.29) is 6.42 Å². The van der Waals surface area contributed by atoms with Crippen LogP contribution in [0, 0.1) is 29.0 Å². The maximum absolute atomic E-state index is 12.9. The minimum absolute atomic E-state index is 0.138. The van der Waals surface area contributed by atoms with E-state index in [2.05, 4.69) is 11.8 Å². The standard InChI is InChI=1S/C11H8FNO/c1-14-11-7-9(4-2-3-5-13)6-10(12)8-11/h6-8H,3H2,1H3. The molecule has 0 bridgehead atoms. The Bertz CT molecular complexity index is 423. The number of nitrogens with zero attached hydrogens (tertiary/aromatic N) is 1. The number of nitriles is 1. The molecule has 0 spiro atoms. The Hall–Kier alpha value is -2.00. The van der Waals surface area contributed by atoms with Crippen LogP contribution in [-0.2, 0) is 0 Å². The molecule has 0 atom stereocenters. The van der Waals surface area contributed by atoms with Gasteiger partial charge in [0.15, 0.2) is 0 Å². The minimum Gasteiger partial charge on any atom is -0.497 e. The van der Waals surface area contributed by atoms with Gasteiger partial charge in [-0.15, -0.1) is 0 Å². The summed E-state index contributed by atoms with van der Waals surface area (Å²) in [6, 6.07) is 6.07.